The number of fused-ring (bicyclic) bond motifs is 1. The molecule has 0 atom stereocenters. The zero-order valence-electron chi connectivity index (χ0n) is 13.5. The van der Waals surface area contributed by atoms with E-state index in [9.17, 15) is 0 Å². The molecule has 0 N–H and O–H groups in total. The van der Waals surface area contributed by atoms with Crippen LogP contribution >= 0.6 is 0 Å². The van der Waals surface area contributed by atoms with Gasteiger partial charge in [0.1, 0.15) is 11.5 Å². The standard InChI is InChI=1S/C20H19NO2/c1-14-4-9-20-16(10-14)6-8-17(21-20)7-5-15-11-18(22-2)13-19(12-15)23-3/h4-13H,1-3H3. The van der Waals surface area contributed by atoms with E-state index in [2.05, 4.69) is 36.2 Å². The number of hydrogen-bond donors (Lipinski definition) is 0. The molecule has 0 aliphatic heterocycles. The van der Waals surface area contributed by atoms with E-state index in [4.69, 9.17) is 9.47 Å². The second-order valence-corrected chi connectivity index (χ2v) is 5.41. The quantitative estimate of drug-likeness (QED) is 0.698. The molecule has 0 saturated carbocycles. The van der Waals surface area contributed by atoms with Crippen LogP contribution in [0.25, 0.3) is 23.1 Å². The fraction of sp³-hybridized carbons (Fsp3) is 0.150. The summed E-state index contributed by atoms with van der Waals surface area (Å²) in [4.78, 5) is 4.67. The van der Waals surface area contributed by atoms with Crippen molar-refractivity contribution in [2.45, 2.75) is 6.92 Å². The van der Waals surface area contributed by atoms with Crippen LogP contribution in [0.5, 0.6) is 11.5 Å². The number of methoxy groups -OCH3 is 2. The minimum atomic E-state index is 0.769. The number of ether oxygens (including phenoxy) is 2. The fourth-order valence-electron chi connectivity index (χ4n) is 2.46. The van der Waals surface area contributed by atoms with Gasteiger partial charge in [0.15, 0.2) is 0 Å². The maximum Gasteiger partial charge on any atom is 0.123 e. The van der Waals surface area contributed by atoms with Crippen LogP contribution in [0.15, 0.2) is 48.5 Å². The Labute approximate surface area is 136 Å². The highest BCUT2D eigenvalue weighted by Crippen LogP contribution is 2.24. The van der Waals surface area contributed by atoms with Crippen molar-refractivity contribution in [2.24, 2.45) is 0 Å². The minimum absolute atomic E-state index is 0.769. The van der Waals surface area contributed by atoms with E-state index in [-0.39, 0.29) is 0 Å². The van der Waals surface area contributed by atoms with Crippen molar-refractivity contribution in [3.8, 4) is 11.5 Å². The second kappa shape index (κ2) is 6.53. The molecule has 0 unspecified atom stereocenters. The first kappa shape index (κ1) is 15.1. The van der Waals surface area contributed by atoms with Gasteiger partial charge in [-0.3, -0.25) is 0 Å². The number of pyridine rings is 1. The fourth-order valence-corrected chi connectivity index (χ4v) is 2.46. The molecule has 1 aromatic heterocycles. The van der Waals surface area contributed by atoms with Gasteiger partial charge in [-0.25, -0.2) is 4.98 Å². The predicted octanol–water partition coefficient (Wildman–Crippen LogP) is 4.73. The van der Waals surface area contributed by atoms with E-state index in [1.165, 1.54) is 5.56 Å². The van der Waals surface area contributed by atoms with E-state index in [1.54, 1.807) is 14.2 Å². The summed E-state index contributed by atoms with van der Waals surface area (Å²) in [5, 5.41) is 1.16. The van der Waals surface area contributed by atoms with Crippen molar-refractivity contribution in [3.05, 3.63) is 65.4 Å². The molecule has 3 aromatic rings. The third-order valence-electron chi connectivity index (χ3n) is 3.69. The summed E-state index contributed by atoms with van der Waals surface area (Å²) in [6.45, 7) is 2.09. The van der Waals surface area contributed by atoms with Crippen molar-refractivity contribution >= 4 is 23.1 Å². The summed E-state index contributed by atoms with van der Waals surface area (Å²) in [5.41, 5.74) is 4.17. The predicted molar refractivity (Wildman–Crippen MR) is 95.0 cm³/mol. The van der Waals surface area contributed by atoms with E-state index >= 15 is 0 Å². The van der Waals surface area contributed by atoms with Gasteiger partial charge in [0.2, 0.25) is 0 Å². The largest absolute Gasteiger partial charge is 0.497 e. The zero-order valence-corrected chi connectivity index (χ0v) is 13.5. The van der Waals surface area contributed by atoms with Gasteiger partial charge >= 0.3 is 0 Å². The van der Waals surface area contributed by atoms with Crippen molar-refractivity contribution in [1.29, 1.82) is 0 Å². The normalized spacial score (nSPS) is 11.1. The molecule has 0 fully saturated rings. The van der Waals surface area contributed by atoms with Gasteiger partial charge in [0.25, 0.3) is 0 Å². The molecule has 3 nitrogen and oxygen atoms in total. The number of aryl methyl sites for hydroxylation is 1. The van der Waals surface area contributed by atoms with Gasteiger partial charge < -0.3 is 9.47 Å². The van der Waals surface area contributed by atoms with Crippen LogP contribution in [0.1, 0.15) is 16.8 Å². The zero-order chi connectivity index (χ0) is 16.2. The highest BCUT2D eigenvalue weighted by atomic mass is 16.5. The molecule has 2 aromatic carbocycles. The summed E-state index contributed by atoms with van der Waals surface area (Å²) < 4.78 is 10.6. The second-order valence-electron chi connectivity index (χ2n) is 5.41. The first-order chi connectivity index (χ1) is 11.2. The SMILES string of the molecule is COc1cc(C=Cc2ccc3cc(C)ccc3n2)cc(OC)c1. The molecule has 3 heteroatoms. The molecule has 0 amide bonds. The van der Waals surface area contributed by atoms with Crippen molar-refractivity contribution in [2.75, 3.05) is 14.2 Å². The van der Waals surface area contributed by atoms with E-state index < -0.39 is 0 Å². The Morgan fingerprint density at radius 1 is 0.826 bits per heavy atom. The summed E-state index contributed by atoms with van der Waals surface area (Å²) >= 11 is 0. The molecule has 0 saturated heterocycles. The molecule has 23 heavy (non-hydrogen) atoms. The van der Waals surface area contributed by atoms with Crippen LogP contribution in [-0.2, 0) is 0 Å². The topological polar surface area (TPSA) is 31.4 Å². The van der Waals surface area contributed by atoms with Gasteiger partial charge in [-0.1, -0.05) is 23.8 Å². The monoisotopic (exact) mass is 305 g/mol. The lowest BCUT2D eigenvalue weighted by Crippen LogP contribution is -1.88. The lowest BCUT2D eigenvalue weighted by Gasteiger charge is -2.06. The summed E-state index contributed by atoms with van der Waals surface area (Å²) in [6, 6.07) is 16.2. The number of benzene rings is 2. The molecular weight excluding hydrogens is 286 g/mol. The molecular formula is C20H19NO2. The van der Waals surface area contributed by atoms with Crippen molar-refractivity contribution < 1.29 is 9.47 Å². The molecule has 0 radical (unpaired) electrons. The van der Waals surface area contributed by atoms with Gasteiger partial charge in [0, 0.05) is 11.5 Å². The Balaban J connectivity index is 1.91. The van der Waals surface area contributed by atoms with Gasteiger partial charge in [-0.05, 0) is 48.9 Å². The molecule has 0 bridgehead atoms. The average molecular weight is 305 g/mol. The number of hydrogen-bond acceptors (Lipinski definition) is 3. The lowest BCUT2D eigenvalue weighted by atomic mass is 10.1. The summed E-state index contributed by atoms with van der Waals surface area (Å²) in [6.07, 6.45) is 4.00. The Morgan fingerprint density at radius 3 is 2.26 bits per heavy atom. The molecule has 3 rings (SSSR count). The Bertz CT molecular complexity index is 846. The van der Waals surface area contributed by atoms with Gasteiger partial charge in [0.05, 0.1) is 25.4 Å². The smallest absolute Gasteiger partial charge is 0.123 e. The van der Waals surface area contributed by atoms with Crippen LogP contribution in [-0.4, -0.2) is 19.2 Å². The molecule has 116 valence electrons. The highest BCUT2D eigenvalue weighted by molar-refractivity contribution is 5.81. The van der Waals surface area contributed by atoms with Gasteiger partial charge in [-0.15, -0.1) is 0 Å². The van der Waals surface area contributed by atoms with Gasteiger partial charge in [-0.2, -0.15) is 0 Å². The first-order valence-electron chi connectivity index (χ1n) is 7.46. The third-order valence-corrected chi connectivity index (χ3v) is 3.69. The van der Waals surface area contributed by atoms with E-state index in [0.717, 1.165) is 33.7 Å². The summed E-state index contributed by atoms with van der Waals surface area (Å²) in [5.74, 6) is 1.54. The Hall–Kier alpha value is -2.81. The third kappa shape index (κ3) is 3.51. The average Bonchev–Trinajstić information content (AvgIpc) is 2.59. The molecule has 0 aliphatic rings. The number of aromatic nitrogens is 1. The highest BCUT2D eigenvalue weighted by Gasteiger charge is 2.00. The first-order valence-corrected chi connectivity index (χ1v) is 7.46. The van der Waals surface area contributed by atoms with Crippen molar-refractivity contribution in [1.82, 2.24) is 4.98 Å². The van der Waals surface area contributed by atoms with E-state index in [0.29, 0.717) is 0 Å². The molecule has 1 heterocycles. The summed E-state index contributed by atoms with van der Waals surface area (Å²) in [7, 11) is 3.30. The molecule has 0 spiro atoms. The van der Waals surface area contributed by atoms with Crippen LogP contribution in [0.2, 0.25) is 0 Å². The number of rotatable bonds is 4. The van der Waals surface area contributed by atoms with Crippen LogP contribution < -0.4 is 9.47 Å². The van der Waals surface area contributed by atoms with E-state index in [1.807, 2.05) is 36.4 Å². The minimum Gasteiger partial charge on any atom is -0.497 e. The Morgan fingerprint density at radius 2 is 1.57 bits per heavy atom. The maximum atomic E-state index is 5.29. The Kier molecular flexibility index (Phi) is 4.29. The van der Waals surface area contributed by atoms with Crippen LogP contribution in [0.3, 0.4) is 0 Å². The number of nitrogens with zero attached hydrogens (tertiary/aromatic N) is 1. The molecule has 0 aliphatic carbocycles. The van der Waals surface area contributed by atoms with Crippen LogP contribution in [0, 0.1) is 6.92 Å². The van der Waals surface area contributed by atoms with Crippen molar-refractivity contribution in [3.63, 3.8) is 0 Å². The van der Waals surface area contributed by atoms with Crippen LogP contribution in [0.4, 0.5) is 0 Å². The maximum absolute atomic E-state index is 5.29. The lowest BCUT2D eigenvalue weighted by molar-refractivity contribution is 0.394.